The third-order valence-corrected chi connectivity index (χ3v) is 7.54. The summed E-state index contributed by atoms with van der Waals surface area (Å²) >= 11 is 0.384. The van der Waals surface area contributed by atoms with Gasteiger partial charge in [-0.25, -0.2) is 8.42 Å². The number of nitrogens with one attached hydrogen (secondary N) is 1. The lowest BCUT2D eigenvalue weighted by atomic mass is 9.76. The van der Waals surface area contributed by atoms with Crippen LogP contribution in [0, 0.1) is 5.41 Å². The van der Waals surface area contributed by atoms with E-state index in [1.54, 1.807) is 12.1 Å². The number of amides is 1. The summed E-state index contributed by atoms with van der Waals surface area (Å²) in [6, 6.07) is 6.01. The van der Waals surface area contributed by atoms with Crippen LogP contribution in [0.3, 0.4) is 0 Å². The minimum absolute atomic E-state index is 0.00937. The average molecular weight is 383 g/mol. The largest absolute Gasteiger partial charge is 0.493 e. The van der Waals surface area contributed by atoms with Gasteiger partial charge in [-0.1, -0.05) is 26.2 Å². The maximum atomic E-state index is 12.5. The van der Waals surface area contributed by atoms with Gasteiger partial charge >= 0.3 is 0 Å². The van der Waals surface area contributed by atoms with Gasteiger partial charge < -0.3 is 10.1 Å². The molecule has 136 valence electrons. The molecule has 1 unspecified atom stereocenters. The van der Waals surface area contributed by atoms with Crippen LogP contribution in [0.1, 0.15) is 39.0 Å². The zero-order chi connectivity index (χ0) is 18.1. The first-order valence-electron chi connectivity index (χ1n) is 8.29. The number of carbonyl (C=O) groups excluding carboxylic acids is 2. The molecular weight excluding hydrogens is 362 g/mol. The van der Waals surface area contributed by atoms with Crippen molar-refractivity contribution in [2.24, 2.45) is 5.41 Å². The van der Waals surface area contributed by atoms with Crippen molar-refractivity contribution in [2.45, 2.75) is 49.3 Å². The Balaban J connectivity index is 1.67. The highest BCUT2D eigenvalue weighted by Crippen LogP contribution is 2.36. The molecule has 0 bridgehead atoms. The Morgan fingerprint density at radius 1 is 1.16 bits per heavy atom. The van der Waals surface area contributed by atoms with E-state index in [-0.39, 0.29) is 10.3 Å². The SMILES string of the molecule is CC1(COc2ccc(S(=O)(=O)C3NC(=O)SC3=O)cc2)CCCCC1. The Kier molecular flexibility index (Phi) is 5.11. The molecule has 3 rings (SSSR count). The summed E-state index contributed by atoms with van der Waals surface area (Å²) in [5.74, 6) is 0.599. The van der Waals surface area contributed by atoms with Gasteiger partial charge in [0, 0.05) is 17.2 Å². The van der Waals surface area contributed by atoms with Crippen LogP contribution in [0.2, 0.25) is 0 Å². The normalized spacial score (nSPS) is 23.3. The molecule has 1 amide bonds. The van der Waals surface area contributed by atoms with Gasteiger partial charge in [-0.2, -0.15) is 0 Å². The van der Waals surface area contributed by atoms with Crippen LogP contribution >= 0.6 is 11.8 Å². The monoisotopic (exact) mass is 383 g/mol. The first-order valence-corrected chi connectivity index (χ1v) is 10.7. The fourth-order valence-electron chi connectivity index (χ4n) is 3.21. The molecule has 8 heteroatoms. The van der Waals surface area contributed by atoms with Crippen molar-refractivity contribution < 1.29 is 22.7 Å². The fraction of sp³-hybridized carbons (Fsp3) is 0.529. The molecule has 1 heterocycles. The summed E-state index contributed by atoms with van der Waals surface area (Å²) in [7, 11) is -3.94. The van der Waals surface area contributed by atoms with Crippen LogP contribution in [0.15, 0.2) is 29.2 Å². The van der Waals surface area contributed by atoms with Crippen LogP contribution in [0.25, 0.3) is 0 Å². The van der Waals surface area contributed by atoms with E-state index < -0.39 is 25.6 Å². The Hall–Kier alpha value is -1.54. The van der Waals surface area contributed by atoms with Crippen LogP contribution in [0.4, 0.5) is 4.79 Å². The van der Waals surface area contributed by atoms with E-state index in [1.165, 1.54) is 31.4 Å². The lowest BCUT2D eigenvalue weighted by Gasteiger charge is -2.33. The number of rotatable bonds is 5. The number of hydrogen-bond acceptors (Lipinski definition) is 6. The zero-order valence-corrected chi connectivity index (χ0v) is 15.6. The van der Waals surface area contributed by atoms with E-state index in [0.717, 1.165) is 12.8 Å². The molecule has 1 aromatic carbocycles. The zero-order valence-electron chi connectivity index (χ0n) is 14.0. The summed E-state index contributed by atoms with van der Waals surface area (Å²) in [5.41, 5.74) is 0.167. The minimum atomic E-state index is -3.94. The van der Waals surface area contributed by atoms with E-state index in [1.807, 2.05) is 0 Å². The average Bonchev–Trinajstić information content (AvgIpc) is 2.93. The fourth-order valence-corrected chi connectivity index (χ4v) is 5.64. The van der Waals surface area contributed by atoms with Crippen molar-refractivity contribution in [2.75, 3.05) is 6.61 Å². The van der Waals surface area contributed by atoms with E-state index in [2.05, 4.69) is 12.2 Å². The summed E-state index contributed by atoms with van der Waals surface area (Å²) in [4.78, 5) is 22.9. The molecule has 1 aliphatic carbocycles. The van der Waals surface area contributed by atoms with Gasteiger partial charge in [0.1, 0.15) is 5.75 Å². The molecule has 2 aliphatic rings. The van der Waals surface area contributed by atoms with Gasteiger partial charge in [0.2, 0.25) is 20.3 Å². The maximum absolute atomic E-state index is 12.5. The molecule has 1 aromatic rings. The van der Waals surface area contributed by atoms with Gasteiger partial charge in [-0.15, -0.1) is 0 Å². The van der Waals surface area contributed by atoms with E-state index in [0.29, 0.717) is 24.1 Å². The van der Waals surface area contributed by atoms with Crippen molar-refractivity contribution in [1.29, 1.82) is 0 Å². The predicted molar refractivity (Wildman–Crippen MR) is 95.2 cm³/mol. The van der Waals surface area contributed by atoms with Crippen LogP contribution in [-0.4, -0.2) is 30.8 Å². The lowest BCUT2D eigenvalue weighted by Crippen LogP contribution is -2.36. The van der Waals surface area contributed by atoms with Crippen molar-refractivity contribution in [3.05, 3.63) is 24.3 Å². The topological polar surface area (TPSA) is 89.5 Å². The lowest BCUT2D eigenvalue weighted by molar-refractivity contribution is -0.110. The van der Waals surface area contributed by atoms with Gasteiger partial charge in [-0.05, 0) is 37.1 Å². The predicted octanol–water partition coefficient (Wildman–Crippen LogP) is 3.12. The number of benzene rings is 1. The molecule has 2 fully saturated rings. The van der Waals surface area contributed by atoms with Gasteiger partial charge in [0.05, 0.1) is 11.5 Å². The Labute approximate surface area is 151 Å². The summed E-state index contributed by atoms with van der Waals surface area (Å²) in [5, 5.41) is -0.669. The summed E-state index contributed by atoms with van der Waals surface area (Å²) in [6.45, 7) is 2.82. The molecule has 1 saturated carbocycles. The van der Waals surface area contributed by atoms with Crippen LogP contribution < -0.4 is 10.1 Å². The highest BCUT2D eigenvalue weighted by atomic mass is 32.2. The molecule has 0 radical (unpaired) electrons. The highest BCUT2D eigenvalue weighted by Gasteiger charge is 2.42. The molecule has 1 saturated heterocycles. The number of sulfone groups is 1. The number of carbonyl (C=O) groups is 2. The molecule has 25 heavy (non-hydrogen) atoms. The third-order valence-electron chi connectivity index (χ3n) is 4.77. The number of thioether (sulfide) groups is 1. The quantitative estimate of drug-likeness (QED) is 0.840. The molecule has 0 aromatic heterocycles. The molecule has 1 aliphatic heterocycles. The Morgan fingerprint density at radius 3 is 2.36 bits per heavy atom. The van der Waals surface area contributed by atoms with Crippen molar-refractivity contribution in [1.82, 2.24) is 5.32 Å². The van der Waals surface area contributed by atoms with E-state index >= 15 is 0 Å². The summed E-state index contributed by atoms with van der Waals surface area (Å²) < 4.78 is 30.8. The standard InChI is InChI=1S/C17H21NO5S2/c1-17(9-3-2-4-10-17)11-23-12-5-7-13(8-6-12)25(21,22)14-15(19)24-16(20)18-14/h5-8,14H,2-4,9-11H2,1H3,(H,18,20). The van der Waals surface area contributed by atoms with Gasteiger partial charge in [0.25, 0.3) is 5.24 Å². The van der Waals surface area contributed by atoms with E-state index in [4.69, 9.17) is 4.74 Å². The highest BCUT2D eigenvalue weighted by molar-refractivity contribution is 8.27. The van der Waals surface area contributed by atoms with Gasteiger partial charge in [0.15, 0.2) is 0 Å². The van der Waals surface area contributed by atoms with Gasteiger partial charge in [-0.3, -0.25) is 9.59 Å². The second-order valence-corrected chi connectivity index (χ2v) is 9.92. The maximum Gasteiger partial charge on any atom is 0.288 e. The Morgan fingerprint density at radius 2 is 1.80 bits per heavy atom. The number of ether oxygens (including phenoxy) is 1. The Bertz CT molecular complexity index is 767. The number of hydrogen-bond donors (Lipinski definition) is 1. The smallest absolute Gasteiger partial charge is 0.288 e. The molecule has 6 nitrogen and oxygen atoms in total. The van der Waals surface area contributed by atoms with Crippen molar-refractivity contribution in [3.8, 4) is 5.75 Å². The summed E-state index contributed by atoms with van der Waals surface area (Å²) in [6.07, 6.45) is 5.99. The van der Waals surface area contributed by atoms with Crippen molar-refractivity contribution in [3.63, 3.8) is 0 Å². The third kappa shape index (κ3) is 4.00. The van der Waals surface area contributed by atoms with Crippen LogP contribution in [-0.2, 0) is 14.6 Å². The van der Waals surface area contributed by atoms with Crippen LogP contribution in [0.5, 0.6) is 5.75 Å². The second kappa shape index (κ2) is 6.99. The molecule has 0 spiro atoms. The van der Waals surface area contributed by atoms with Crippen molar-refractivity contribution >= 4 is 32.0 Å². The second-order valence-electron chi connectivity index (χ2n) is 6.91. The molecule has 1 N–H and O–H groups in total. The first-order chi connectivity index (χ1) is 11.8. The molecule has 1 atom stereocenters. The first kappa shape index (κ1) is 18.3. The minimum Gasteiger partial charge on any atom is -0.493 e. The molecular formula is C17H21NO5S2. The van der Waals surface area contributed by atoms with E-state index in [9.17, 15) is 18.0 Å².